The highest BCUT2D eigenvalue weighted by Gasteiger charge is 2.31. The molecule has 1 atom stereocenters. The normalized spacial score (nSPS) is 18.4. The Balaban J connectivity index is 1.77. The first kappa shape index (κ1) is 17.8. The number of aromatic nitrogens is 2. The number of ketones is 1. The van der Waals surface area contributed by atoms with Gasteiger partial charge in [0, 0.05) is 48.0 Å². The number of hydrogen-bond donors (Lipinski definition) is 0. The Morgan fingerprint density at radius 2 is 2.00 bits per heavy atom. The lowest BCUT2D eigenvalue weighted by molar-refractivity contribution is -0.141. The highest BCUT2D eigenvalue weighted by atomic mass is 19.4. The zero-order valence-corrected chi connectivity index (χ0v) is 14.6. The third kappa shape index (κ3) is 3.51. The Labute approximate surface area is 144 Å². The van der Waals surface area contributed by atoms with Gasteiger partial charge >= 0.3 is 6.18 Å². The van der Waals surface area contributed by atoms with E-state index in [9.17, 15) is 18.0 Å². The average molecular weight is 353 g/mol. The molecule has 7 heteroatoms. The molecule has 0 aliphatic carbocycles. The zero-order chi connectivity index (χ0) is 18.4. The smallest absolute Gasteiger partial charge is 0.349 e. The number of aryl methyl sites for hydroxylation is 1. The van der Waals surface area contributed by atoms with E-state index in [0.29, 0.717) is 17.0 Å². The second kappa shape index (κ2) is 6.37. The van der Waals surface area contributed by atoms with Crippen molar-refractivity contribution in [2.45, 2.75) is 46.1 Å². The summed E-state index contributed by atoms with van der Waals surface area (Å²) in [5.41, 5.74) is 2.38. The zero-order valence-electron chi connectivity index (χ0n) is 14.6. The number of carbonyl (C=O) groups is 1. The molecule has 25 heavy (non-hydrogen) atoms. The van der Waals surface area contributed by atoms with Gasteiger partial charge in [0.15, 0.2) is 5.78 Å². The van der Waals surface area contributed by atoms with Crippen LogP contribution in [0.4, 0.5) is 13.2 Å². The molecule has 3 heterocycles. The van der Waals surface area contributed by atoms with Crippen molar-refractivity contribution >= 4 is 5.78 Å². The van der Waals surface area contributed by atoms with Crippen LogP contribution in [-0.4, -0.2) is 39.1 Å². The fraction of sp³-hybridized carbons (Fsp3) is 0.500. The summed E-state index contributed by atoms with van der Waals surface area (Å²) in [4.78, 5) is 14.8. The molecule has 0 amide bonds. The minimum absolute atomic E-state index is 0.103. The quantitative estimate of drug-likeness (QED) is 0.784. The van der Waals surface area contributed by atoms with Gasteiger partial charge in [-0.05, 0) is 39.0 Å². The molecule has 0 aromatic carbocycles. The van der Waals surface area contributed by atoms with Crippen molar-refractivity contribution in [3.05, 3.63) is 47.0 Å². The summed E-state index contributed by atoms with van der Waals surface area (Å²) in [6.07, 6.45) is -2.28. The molecule has 0 bridgehead atoms. The number of carbonyl (C=O) groups excluding carboxylic acids is 1. The van der Waals surface area contributed by atoms with Crippen molar-refractivity contribution in [1.82, 2.24) is 14.0 Å². The van der Waals surface area contributed by atoms with Gasteiger partial charge in [-0.25, -0.2) is 0 Å². The van der Waals surface area contributed by atoms with Crippen molar-refractivity contribution < 1.29 is 18.0 Å². The minimum Gasteiger partial charge on any atom is -0.349 e. The highest BCUT2D eigenvalue weighted by molar-refractivity contribution is 5.99. The molecular formula is C18H22F3N3O. The van der Waals surface area contributed by atoms with Crippen molar-refractivity contribution in [1.29, 1.82) is 0 Å². The fourth-order valence-corrected chi connectivity index (χ4v) is 3.62. The SMILES string of the molecule is Cc1cc(C(=O)CN2CCn3cccc3C2C)c(C)n1CC(F)(F)F. The summed E-state index contributed by atoms with van der Waals surface area (Å²) in [5, 5.41) is 0. The minimum atomic E-state index is -4.30. The van der Waals surface area contributed by atoms with E-state index in [-0.39, 0.29) is 18.4 Å². The van der Waals surface area contributed by atoms with Crippen molar-refractivity contribution in [2.75, 3.05) is 13.1 Å². The maximum Gasteiger partial charge on any atom is 0.406 e. The second-order valence-electron chi connectivity index (χ2n) is 6.68. The predicted octanol–water partition coefficient (Wildman–Crippen LogP) is 3.73. The van der Waals surface area contributed by atoms with Crippen molar-refractivity contribution in [3.63, 3.8) is 0 Å². The average Bonchev–Trinajstić information content (AvgIpc) is 3.09. The first-order valence-corrected chi connectivity index (χ1v) is 8.33. The predicted molar refractivity (Wildman–Crippen MR) is 88.7 cm³/mol. The van der Waals surface area contributed by atoms with Gasteiger partial charge in [-0.1, -0.05) is 0 Å². The van der Waals surface area contributed by atoms with Crippen molar-refractivity contribution in [2.24, 2.45) is 0 Å². The van der Waals surface area contributed by atoms with Gasteiger partial charge in [-0.2, -0.15) is 13.2 Å². The van der Waals surface area contributed by atoms with Gasteiger partial charge in [0.1, 0.15) is 6.54 Å². The summed E-state index contributed by atoms with van der Waals surface area (Å²) in [6, 6.07) is 5.70. The van der Waals surface area contributed by atoms with Crippen LogP contribution in [0.1, 0.15) is 40.4 Å². The monoisotopic (exact) mass is 353 g/mol. The standard InChI is InChI=1S/C18H22F3N3O/c1-12-9-15(13(2)24(12)11-18(19,20)21)17(25)10-23-8-7-22-6-4-5-16(22)14(23)3/h4-6,9,14H,7-8,10-11H2,1-3H3. The van der Waals surface area contributed by atoms with Gasteiger partial charge in [0.2, 0.25) is 0 Å². The van der Waals surface area contributed by atoms with Crippen LogP contribution in [0.5, 0.6) is 0 Å². The van der Waals surface area contributed by atoms with Crippen LogP contribution in [0.3, 0.4) is 0 Å². The van der Waals surface area contributed by atoms with Gasteiger partial charge < -0.3 is 9.13 Å². The molecule has 136 valence electrons. The molecule has 2 aromatic heterocycles. The van der Waals surface area contributed by atoms with E-state index >= 15 is 0 Å². The largest absolute Gasteiger partial charge is 0.406 e. The Hall–Kier alpha value is -2.02. The third-order valence-corrected chi connectivity index (χ3v) is 5.03. The number of rotatable bonds is 4. The molecule has 1 unspecified atom stereocenters. The third-order valence-electron chi connectivity index (χ3n) is 5.03. The summed E-state index contributed by atoms with van der Waals surface area (Å²) >= 11 is 0. The molecule has 1 aliphatic heterocycles. The maximum atomic E-state index is 12.7. The number of hydrogen-bond acceptors (Lipinski definition) is 2. The fourth-order valence-electron chi connectivity index (χ4n) is 3.62. The van der Waals surface area contributed by atoms with Gasteiger partial charge in [-0.3, -0.25) is 9.69 Å². The summed E-state index contributed by atoms with van der Waals surface area (Å²) in [6.45, 7) is 5.94. The van der Waals surface area contributed by atoms with E-state index in [1.807, 2.05) is 25.3 Å². The lowest BCUT2D eigenvalue weighted by atomic mass is 10.1. The first-order chi connectivity index (χ1) is 11.7. The first-order valence-electron chi connectivity index (χ1n) is 8.33. The molecule has 0 radical (unpaired) electrons. The van der Waals surface area contributed by atoms with Crippen LogP contribution in [0, 0.1) is 13.8 Å². The van der Waals surface area contributed by atoms with Crippen LogP contribution in [0.15, 0.2) is 24.4 Å². The Morgan fingerprint density at radius 1 is 1.28 bits per heavy atom. The van der Waals surface area contributed by atoms with Crippen LogP contribution in [0.25, 0.3) is 0 Å². The lowest BCUT2D eigenvalue weighted by Crippen LogP contribution is -2.39. The summed E-state index contributed by atoms with van der Waals surface area (Å²) in [5.74, 6) is -0.131. The molecule has 2 aromatic rings. The molecule has 0 saturated carbocycles. The topological polar surface area (TPSA) is 30.2 Å². The summed E-state index contributed by atoms with van der Waals surface area (Å²) in [7, 11) is 0. The van der Waals surface area contributed by atoms with Gasteiger partial charge in [-0.15, -0.1) is 0 Å². The van der Waals surface area contributed by atoms with Gasteiger partial charge in [0.25, 0.3) is 0 Å². The van der Waals surface area contributed by atoms with E-state index in [1.165, 1.54) is 0 Å². The number of nitrogens with zero attached hydrogens (tertiary/aromatic N) is 3. The van der Waals surface area contributed by atoms with Gasteiger partial charge in [0.05, 0.1) is 6.54 Å². The second-order valence-corrected chi connectivity index (χ2v) is 6.68. The Bertz CT molecular complexity index is 788. The number of halogens is 3. The molecule has 0 spiro atoms. The lowest BCUT2D eigenvalue weighted by Gasteiger charge is -2.34. The molecule has 0 saturated heterocycles. The van der Waals surface area contributed by atoms with E-state index in [0.717, 1.165) is 23.4 Å². The highest BCUT2D eigenvalue weighted by Crippen LogP contribution is 2.27. The molecule has 1 aliphatic rings. The number of fused-ring (bicyclic) bond motifs is 1. The molecule has 3 rings (SSSR count). The Kier molecular flexibility index (Phi) is 4.53. The summed E-state index contributed by atoms with van der Waals surface area (Å²) < 4.78 is 41.5. The molecule has 0 N–H and O–H groups in total. The van der Waals surface area contributed by atoms with E-state index in [2.05, 4.69) is 9.47 Å². The maximum absolute atomic E-state index is 12.7. The van der Waals surface area contributed by atoms with Crippen LogP contribution < -0.4 is 0 Å². The van der Waals surface area contributed by atoms with Crippen LogP contribution in [0.2, 0.25) is 0 Å². The van der Waals surface area contributed by atoms with Crippen LogP contribution in [-0.2, 0) is 13.1 Å². The Morgan fingerprint density at radius 3 is 2.68 bits per heavy atom. The molecular weight excluding hydrogens is 331 g/mol. The van der Waals surface area contributed by atoms with E-state index in [1.54, 1.807) is 19.9 Å². The number of alkyl halides is 3. The molecule has 0 fully saturated rings. The van der Waals surface area contributed by atoms with E-state index < -0.39 is 12.7 Å². The van der Waals surface area contributed by atoms with Crippen molar-refractivity contribution in [3.8, 4) is 0 Å². The van der Waals surface area contributed by atoms with E-state index in [4.69, 9.17) is 0 Å². The number of Topliss-reactive ketones (excluding diaryl/α,β-unsaturated/α-hetero) is 1. The van der Waals surface area contributed by atoms with Crippen LogP contribution >= 0.6 is 0 Å². The molecule has 4 nitrogen and oxygen atoms in total.